The average molecular weight is 293 g/mol. The van der Waals surface area contributed by atoms with Crippen LogP contribution in [-0.4, -0.2) is 40.8 Å². The Morgan fingerprint density at radius 3 is 2.40 bits per heavy atom. The number of likely N-dealkylation sites (tertiary alicyclic amines) is 1. The Labute approximate surface area is 117 Å². The molecule has 1 saturated heterocycles. The van der Waals surface area contributed by atoms with Crippen LogP contribution in [0.5, 0.6) is 0 Å². The molecule has 1 saturated carbocycles. The molecule has 2 atom stereocenters. The normalized spacial score (nSPS) is 30.2. The topological polar surface area (TPSA) is 40.5 Å². The Morgan fingerprint density at radius 2 is 1.90 bits per heavy atom. The van der Waals surface area contributed by atoms with Crippen LogP contribution in [0.1, 0.15) is 39.5 Å². The molecule has 2 fully saturated rings. The number of carbonyl (C=O) groups is 1. The Morgan fingerprint density at radius 1 is 1.30 bits per heavy atom. The van der Waals surface area contributed by atoms with Crippen LogP contribution in [-0.2, 0) is 4.79 Å². The predicted octanol–water partition coefficient (Wildman–Crippen LogP) is 2.58. The molecule has 1 aliphatic carbocycles. The molecule has 3 nitrogen and oxygen atoms in total. The van der Waals surface area contributed by atoms with Crippen LogP contribution in [0.3, 0.4) is 0 Å². The number of β-amino-alcohol motifs (C(OH)–C–C–N with tert-alkyl or cyclic N) is 1. The fourth-order valence-corrected chi connectivity index (χ4v) is 3.11. The van der Waals surface area contributed by atoms with Gasteiger partial charge >= 0.3 is 6.18 Å². The standard InChI is InChI=1S/C14H22F3NO2/c1-9(2)13(20)7-18(8-13)12(19)10-4-3-5-11(6-10)14(15,16)17/h9-11,20H,3-8H2,1-2H3. The first-order chi connectivity index (χ1) is 9.13. The molecule has 0 bridgehead atoms. The first kappa shape index (κ1) is 15.6. The maximum Gasteiger partial charge on any atom is 0.391 e. The largest absolute Gasteiger partial charge is 0.391 e. The van der Waals surface area contributed by atoms with Crippen LogP contribution in [0, 0.1) is 17.8 Å². The van der Waals surface area contributed by atoms with E-state index < -0.39 is 23.6 Å². The lowest BCUT2D eigenvalue weighted by Gasteiger charge is -2.50. The number of rotatable bonds is 2. The Bertz CT molecular complexity index is 375. The van der Waals surface area contributed by atoms with Gasteiger partial charge in [0.2, 0.25) is 5.91 Å². The van der Waals surface area contributed by atoms with Crippen LogP contribution < -0.4 is 0 Å². The Kier molecular flexibility index (Phi) is 4.06. The summed E-state index contributed by atoms with van der Waals surface area (Å²) in [4.78, 5) is 13.7. The van der Waals surface area contributed by atoms with E-state index in [1.54, 1.807) is 0 Å². The van der Waals surface area contributed by atoms with Crippen molar-refractivity contribution in [2.45, 2.75) is 51.3 Å². The van der Waals surface area contributed by atoms with Gasteiger partial charge in [-0.2, -0.15) is 13.2 Å². The van der Waals surface area contributed by atoms with Crippen molar-refractivity contribution in [2.24, 2.45) is 17.8 Å². The summed E-state index contributed by atoms with van der Waals surface area (Å²) in [6.45, 7) is 4.25. The summed E-state index contributed by atoms with van der Waals surface area (Å²) in [5, 5.41) is 10.1. The highest BCUT2D eigenvalue weighted by Gasteiger charge is 2.49. The molecule has 2 rings (SSSR count). The van der Waals surface area contributed by atoms with E-state index in [-0.39, 0.29) is 37.8 Å². The molecule has 0 aromatic rings. The first-order valence-electron chi connectivity index (χ1n) is 7.21. The molecule has 2 unspecified atom stereocenters. The van der Waals surface area contributed by atoms with Crippen LogP contribution in [0.25, 0.3) is 0 Å². The van der Waals surface area contributed by atoms with Gasteiger partial charge in [-0.3, -0.25) is 4.79 Å². The van der Waals surface area contributed by atoms with Crippen molar-refractivity contribution in [3.05, 3.63) is 0 Å². The maximum absolute atomic E-state index is 12.7. The molecule has 6 heteroatoms. The van der Waals surface area contributed by atoms with E-state index in [1.165, 1.54) is 4.90 Å². The molecule has 0 radical (unpaired) electrons. The molecule has 2 aliphatic rings. The van der Waals surface area contributed by atoms with Gasteiger partial charge in [-0.25, -0.2) is 0 Å². The molecule has 116 valence electrons. The zero-order chi connectivity index (χ0) is 15.1. The van der Waals surface area contributed by atoms with Gasteiger partial charge < -0.3 is 10.0 Å². The SMILES string of the molecule is CC(C)C1(O)CN(C(=O)C2CCCC(C(F)(F)F)C2)C1. The van der Waals surface area contributed by atoms with Crippen LogP contribution in [0.2, 0.25) is 0 Å². The van der Waals surface area contributed by atoms with E-state index >= 15 is 0 Å². The van der Waals surface area contributed by atoms with E-state index in [0.29, 0.717) is 12.8 Å². The van der Waals surface area contributed by atoms with Crippen LogP contribution >= 0.6 is 0 Å². The molecule has 1 amide bonds. The molecule has 1 N–H and O–H groups in total. The number of hydrogen-bond donors (Lipinski definition) is 1. The maximum atomic E-state index is 12.7. The average Bonchev–Trinajstić information content (AvgIpc) is 2.33. The van der Waals surface area contributed by atoms with Crippen molar-refractivity contribution in [2.75, 3.05) is 13.1 Å². The summed E-state index contributed by atoms with van der Waals surface area (Å²) in [6, 6.07) is 0. The number of hydrogen-bond acceptors (Lipinski definition) is 2. The molecule has 0 aromatic heterocycles. The van der Waals surface area contributed by atoms with Crippen LogP contribution in [0.15, 0.2) is 0 Å². The van der Waals surface area contributed by atoms with Crippen molar-refractivity contribution in [3.63, 3.8) is 0 Å². The van der Waals surface area contributed by atoms with Gasteiger partial charge in [-0.05, 0) is 25.2 Å². The summed E-state index contributed by atoms with van der Waals surface area (Å²) in [5.41, 5.74) is -0.867. The lowest BCUT2D eigenvalue weighted by atomic mass is 9.77. The molecule has 0 aromatic carbocycles. The van der Waals surface area contributed by atoms with Crippen molar-refractivity contribution < 1.29 is 23.1 Å². The quantitative estimate of drug-likeness (QED) is 0.850. The number of alkyl halides is 3. The van der Waals surface area contributed by atoms with E-state index in [4.69, 9.17) is 0 Å². The zero-order valence-electron chi connectivity index (χ0n) is 11.9. The summed E-state index contributed by atoms with van der Waals surface area (Å²) in [7, 11) is 0. The van der Waals surface area contributed by atoms with Gasteiger partial charge in [-0.1, -0.05) is 20.3 Å². The first-order valence-corrected chi connectivity index (χ1v) is 7.21. The van der Waals surface area contributed by atoms with Gasteiger partial charge in [0, 0.05) is 5.92 Å². The smallest absolute Gasteiger partial charge is 0.386 e. The minimum atomic E-state index is -4.20. The van der Waals surface area contributed by atoms with Gasteiger partial charge in [0.1, 0.15) is 5.60 Å². The lowest BCUT2D eigenvalue weighted by molar-refractivity contribution is -0.191. The van der Waals surface area contributed by atoms with E-state index in [9.17, 15) is 23.1 Å². The minimum absolute atomic E-state index is 0.0424. The lowest BCUT2D eigenvalue weighted by Crippen LogP contribution is -2.67. The second-order valence-electron chi connectivity index (χ2n) is 6.55. The van der Waals surface area contributed by atoms with Crippen molar-refractivity contribution in [3.8, 4) is 0 Å². The van der Waals surface area contributed by atoms with Crippen molar-refractivity contribution >= 4 is 5.91 Å². The molecule has 20 heavy (non-hydrogen) atoms. The molecular formula is C14H22F3NO2. The van der Waals surface area contributed by atoms with Gasteiger partial charge in [-0.15, -0.1) is 0 Å². The second kappa shape index (κ2) is 5.20. The summed E-state index contributed by atoms with van der Waals surface area (Å²) in [6.07, 6.45) is -3.19. The monoisotopic (exact) mass is 293 g/mol. The minimum Gasteiger partial charge on any atom is -0.386 e. The number of halogens is 3. The third-order valence-electron chi connectivity index (χ3n) is 4.80. The number of amides is 1. The highest BCUT2D eigenvalue weighted by atomic mass is 19.4. The summed E-state index contributed by atoms with van der Waals surface area (Å²) in [5.74, 6) is -2.06. The zero-order valence-corrected chi connectivity index (χ0v) is 11.9. The predicted molar refractivity (Wildman–Crippen MR) is 67.9 cm³/mol. The highest BCUT2D eigenvalue weighted by molar-refractivity contribution is 5.80. The Hall–Kier alpha value is -0.780. The third kappa shape index (κ3) is 2.95. The van der Waals surface area contributed by atoms with Crippen molar-refractivity contribution in [1.29, 1.82) is 0 Å². The van der Waals surface area contributed by atoms with Gasteiger partial charge in [0.05, 0.1) is 19.0 Å². The molecular weight excluding hydrogens is 271 g/mol. The Balaban J connectivity index is 1.91. The highest BCUT2D eigenvalue weighted by Crippen LogP contribution is 2.41. The second-order valence-corrected chi connectivity index (χ2v) is 6.55. The summed E-state index contributed by atoms with van der Waals surface area (Å²) < 4.78 is 38.2. The van der Waals surface area contributed by atoms with E-state index in [2.05, 4.69) is 0 Å². The molecule has 1 aliphatic heterocycles. The summed E-state index contributed by atoms with van der Waals surface area (Å²) >= 11 is 0. The number of carbonyl (C=O) groups excluding carboxylic acids is 1. The number of nitrogens with zero attached hydrogens (tertiary/aromatic N) is 1. The molecule has 1 heterocycles. The third-order valence-corrected chi connectivity index (χ3v) is 4.80. The van der Waals surface area contributed by atoms with Gasteiger partial charge in [0.15, 0.2) is 0 Å². The van der Waals surface area contributed by atoms with Gasteiger partial charge in [0.25, 0.3) is 0 Å². The van der Waals surface area contributed by atoms with Crippen LogP contribution in [0.4, 0.5) is 13.2 Å². The van der Waals surface area contributed by atoms with E-state index in [1.807, 2.05) is 13.8 Å². The fraction of sp³-hybridized carbons (Fsp3) is 0.929. The molecule has 0 spiro atoms. The number of aliphatic hydroxyl groups is 1. The van der Waals surface area contributed by atoms with Crippen molar-refractivity contribution in [1.82, 2.24) is 4.90 Å². The fourth-order valence-electron chi connectivity index (χ4n) is 3.11. The van der Waals surface area contributed by atoms with E-state index in [0.717, 1.165) is 0 Å².